The Morgan fingerprint density at radius 1 is 1.62 bits per heavy atom. The van der Waals surface area contributed by atoms with E-state index >= 15 is 0 Å². The third-order valence-corrected chi connectivity index (χ3v) is 2.03. The zero-order valence-electron chi connectivity index (χ0n) is 7.97. The first-order chi connectivity index (χ1) is 6.11. The zero-order valence-corrected chi connectivity index (χ0v) is 7.97. The SMILES string of the molecule is CC(C)C(N)Cn1ncccc1=O. The zero-order chi connectivity index (χ0) is 9.84. The average Bonchev–Trinajstić information content (AvgIpc) is 2.08. The second kappa shape index (κ2) is 4.18. The molecule has 1 unspecified atom stereocenters. The van der Waals surface area contributed by atoms with E-state index in [0.29, 0.717) is 12.5 Å². The first kappa shape index (κ1) is 9.92. The molecule has 1 rings (SSSR count). The van der Waals surface area contributed by atoms with Crippen LogP contribution >= 0.6 is 0 Å². The van der Waals surface area contributed by atoms with Gasteiger partial charge in [-0.05, 0) is 12.0 Å². The van der Waals surface area contributed by atoms with Gasteiger partial charge in [0.05, 0.1) is 6.54 Å². The fourth-order valence-electron chi connectivity index (χ4n) is 0.935. The molecule has 4 nitrogen and oxygen atoms in total. The van der Waals surface area contributed by atoms with Gasteiger partial charge in [0.2, 0.25) is 0 Å². The van der Waals surface area contributed by atoms with Crippen LogP contribution in [0.5, 0.6) is 0 Å². The Morgan fingerprint density at radius 2 is 2.31 bits per heavy atom. The van der Waals surface area contributed by atoms with Gasteiger partial charge in [0.15, 0.2) is 0 Å². The monoisotopic (exact) mass is 181 g/mol. The van der Waals surface area contributed by atoms with Crippen molar-refractivity contribution in [2.24, 2.45) is 11.7 Å². The number of aromatic nitrogens is 2. The van der Waals surface area contributed by atoms with Crippen LogP contribution in [0.4, 0.5) is 0 Å². The van der Waals surface area contributed by atoms with Crippen LogP contribution in [0.1, 0.15) is 13.8 Å². The number of nitrogens with two attached hydrogens (primary N) is 1. The standard InChI is InChI=1S/C9H15N3O/c1-7(2)8(10)6-12-9(13)4-3-5-11-12/h3-5,7-8H,6,10H2,1-2H3. The molecule has 0 aliphatic carbocycles. The molecular weight excluding hydrogens is 166 g/mol. The first-order valence-electron chi connectivity index (χ1n) is 4.39. The third-order valence-electron chi connectivity index (χ3n) is 2.03. The molecule has 0 radical (unpaired) electrons. The van der Waals surface area contributed by atoms with Crippen molar-refractivity contribution in [1.82, 2.24) is 9.78 Å². The van der Waals surface area contributed by atoms with Crippen molar-refractivity contribution < 1.29 is 0 Å². The van der Waals surface area contributed by atoms with Gasteiger partial charge in [-0.1, -0.05) is 13.8 Å². The Bertz CT molecular complexity index is 319. The van der Waals surface area contributed by atoms with Crippen LogP contribution in [0.25, 0.3) is 0 Å². The molecule has 0 saturated carbocycles. The van der Waals surface area contributed by atoms with E-state index in [0.717, 1.165) is 0 Å². The maximum absolute atomic E-state index is 11.2. The largest absolute Gasteiger partial charge is 0.326 e. The number of rotatable bonds is 3. The molecule has 0 aliphatic heterocycles. The van der Waals surface area contributed by atoms with Crippen LogP contribution < -0.4 is 11.3 Å². The maximum atomic E-state index is 11.2. The van der Waals surface area contributed by atoms with Gasteiger partial charge < -0.3 is 5.73 Å². The van der Waals surface area contributed by atoms with Crippen LogP contribution in [0.2, 0.25) is 0 Å². The minimum Gasteiger partial charge on any atom is -0.326 e. The molecule has 72 valence electrons. The van der Waals surface area contributed by atoms with Gasteiger partial charge in [-0.3, -0.25) is 4.79 Å². The minimum atomic E-state index is -0.0985. The van der Waals surface area contributed by atoms with Gasteiger partial charge >= 0.3 is 0 Å². The summed E-state index contributed by atoms with van der Waals surface area (Å²) in [5.74, 6) is 0.355. The molecule has 0 bridgehead atoms. The summed E-state index contributed by atoms with van der Waals surface area (Å²) >= 11 is 0. The van der Waals surface area contributed by atoms with E-state index in [-0.39, 0.29) is 11.6 Å². The highest BCUT2D eigenvalue weighted by atomic mass is 16.1. The fraction of sp³-hybridized carbons (Fsp3) is 0.556. The molecule has 13 heavy (non-hydrogen) atoms. The van der Waals surface area contributed by atoms with E-state index < -0.39 is 0 Å². The smallest absolute Gasteiger partial charge is 0.266 e. The van der Waals surface area contributed by atoms with Crippen LogP contribution in [0.3, 0.4) is 0 Å². The number of nitrogens with zero attached hydrogens (tertiary/aromatic N) is 2. The highest BCUT2D eigenvalue weighted by molar-refractivity contribution is 4.85. The summed E-state index contributed by atoms with van der Waals surface area (Å²) in [5.41, 5.74) is 5.72. The molecule has 0 aromatic carbocycles. The summed E-state index contributed by atoms with van der Waals surface area (Å²) in [6.45, 7) is 4.54. The normalized spacial score (nSPS) is 13.2. The van der Waals surface area contributed by atoms with Crippen LogP contribution in [-0.4, -0.2) is 15.8 Å². The molecule has 4 heteroatoms. The van der Waals surface area contributed by atoms with Gasteiger partial charge in [-0.2, -0.15) is 5.10 Å². The molecule has 1 aromatic heterocycles. The van der Waals surface area contributed by atoms with E-state index in [9.17, 15) is 4.79 Å². The molecular formula is C9H15N3O. The van der Waals surface area contributed by atoms with Crippen molar-refractivity contribution >= 4 is 0 Å². The lowest BCUT2D eigenvalue weighted by Gasteiger charge is -2.15. The average molecular weight is 181 g/mol. The summed E-state index contributed by atoms with van der Waals surface area (Å²) in [7, 11) is 0. The Kier molecular flexibility index (Phi) is 3.19. The molecule has 1 atom stereocenters. The fourth-order valence-corrected chi connectivity index (χ4v) is 0.935. The van der Waals surface area contributed by atoms with Gasteiger partial charge in [0.25, 0.3) is 5.56 Å². The molecule has 0 aliphatic rings. The van der Waals surface area contributed by atoms with E-state index in [4.69, 9.17) is 5.73 Å². The maximum Gasteiger partial charge on any atom is 0.266 e. The second-order valence-electron chi connectivity index (χ2n) is 3.45. The molecule has 2 N–H and O–H groups in total. The molecule has 0 fully saturated rings. The van der Waals surface area contributed by atoms with Crippen molar-refractivity contribution in [2.75, 3.05) is 0 Å². The lowest BCUT2D eigenvalue weighted by Crippen LogP contribution is -2.36. The van der Waals surface area contributed by atoms with E-state index in [1.165, 1.54) is 10.7 Å². The third kappa shape index (κ3) is 2.66. The van der Waals surface area contributed by atoms with Crippen molar-refractivity contribution in [2.45, 2.75) is 26.4 Å². The Labute approximate surface area is 77.4 Å². The van der Waals surface area contributed by atoms with E-state index in [2.05, 4.69) is 5.10 Å². The van der Waals surface area contributed by atoms with Crippen LogP contribution in [0, 0.1) is 5.92 Å². The molecule has 0 amide bonds. The quantitative estimate of drug-likeness (QED) is 0.726. The predicted molar refractivity (Wildman–Crippen MR) is 51.3 cm³/mol. The Morgan fingerprint density at radius 3 is 2.85 bits per heavy atom. The van der Waals surface area contributed by atoms with Crippen molar-refractivity contribution in [3.05, 3.63) is 28.7 Å². The highest BCUT2D eigenvalue weighted by Gasteiger charge is 2.08. The summed E-state index contributed by atoms with van der Waals surface area (Å²) < 4.78 is 1.39. The minimum absolute atomic E-state index is 0.0207. The molecule has 1 heterocycles. The van der Waals surface area contributed by atoms with Gasteiger partial charge in [-0.15, -0.1) is 0 Å². The van der Waals surface area contributed by atoms with Crippen molar-refractivity contribution in [3.63, 3.8) is 0 Å². The molecule has 0 spiro atoms. The Balaban J connectivity index is 2.75. The van der Waals surface area contributed by atoms with Crippen molar-refractivity contribution in [3.8, 4) is 0 Å². The van der Waals surface area contributed by atoms with Crippen LogP contribution in [0.15, 0.2) is 23.1 Å². The topological polar surface area (TPSA) is 60.9 Å². The summed E-state index contributed by atoms with van der Waals surface area (Å²) in [4.78, 5) is 11.2. The number of hydrogen-bond donors (Lipinski definition) is 1. The van der Waals surface area contributed by atoms with Crippen molar-refractivity contribution in [1.29, 1.82) is 0 Å². The van der Waals surface area contributed by atoms with Gasteiger partial charge in [-0.25, -0.2) is 4.68 Å². The molecule has 0 saturated heterocycles. The lowest BCUT2D eigenvalue weighted by molar-refractivity contribution is 0.403. The summed E-state index contributed by atoms with van der Waals surface area (Å²) in [6, 6.07) is 3.09. The lowest BCUT2D eigenvalue weighted by atomic mass is 10.1. The predicted octanol–water partition coefficient (Wildman–Crippen LogP) is 0.227. The summed E-state index contributed by atoms with van der Waals surface area (Å²) in [5, 5.41) is 3.92. The Hall–Kier alpha value is -1.16. The second-order valence-corrected chi connectivity index (χ2v) is 3.45. The van der Waals surface area contributed by atoms with E-state index in [1.54, 1.807) is 12.3 Å². The van der Waals surface area contributed by atoms with Gasteiger partial charge in [0.1, 0.15) is 0 Å². The molecule has 1 aromatic rings. The first-order valence-corrected chi connectivity index (χ1v) is 4.39. The van der Waals surface area contributed by atoms with Gasteiger partial charge in [0, 0.05) is 18.3 Å². The highest BCUT2D eigenvalue weighted by Crippen LogP contribution is 1.98. The van der Waals surface area contributed by atoms with E-state index in [1.807, 2.05) is 13.8 Å². The number of hydrogen-bond acceptors (Lipinski definition) is 3. The van der Waals surface area contributed by atoms with Crippen LogP contribution in [-0.2, 0) is 6.54 Å². The summed E-state index contributed by atoms with van der Waals surface area (Å²) in [6.07, 6.45) is 1.59.